The highest BCUT2D eigenvalue weighted by molar-refractivity contribution is 5.98. The number of halogens is 2. The number of likely N-dealkylation sites (tertiary alicyclic amines) is 1. The van der Waals surface area contributed by atoms with Crippen molar-refractivity contribution in [1.82, 2.24) is 4.90 Å². The Hall–Kier alpha value is -1.01. The number of aliphatic hydroxyl groups excluding tert-OH is 1. The molecule has 1 aliphatic heterocycles. The van der Waals surface area contributed by atoms with Crippen molar-refractivity contribution < 1.29 is 10.3 Å². The van der Waals surface area contributed by atoms with E-state index in [1.165, 1.54) is 19.3 Å². The minimum atomic E-state index is -0.430. The summed E-state index contributed by atoms with van der Waals surface area (Å²) in [6, 6.07) is 7.45. The Bertz CT molecular complexity index is 466. The highest BCUT2D eigenvalue weighted by Crippen LogP contribution is 2.14. The zero-order valence-electron chi connectivity index (χ0n) is 12.5. The molecule has 1 saturated heterocycles. The van der Waals surface area contributed by atoms with Crippen molar-refractivity contribution in [3.8, 4) is 0 Å². The smallest absolute Gasteiger partial charge is 0.170 e. The van der Waals surface area contributed by atoms with Gasteiger partial charge in [-0.1, -0.05) is 35.8 Å². The van der Waals surface area contributed by atoms with Gasteiger partial charge in [0.15, 0.2) is 5.84 Å². The van der Waals surface area contributed by atoms with Gasteiger partial charge in [-0.05, 0) is 31.5 Å². The maximum atomic E-state index is 10.2. The van der Waals surface area contributed by atoms with Crippen LogP contribution in [0.4, 0.5) is 0 Å². The number of piperidine rings is 1. The first kappa shape index (κ1) is 21.0. The number of aliphatic hydroxyl groups is 1. The van der Waals surface area contributed by atoms with E-state index in [1.807, 2.05) is 18.2 Å². The lowest BCUT2D eigenvalue weighted by molar-refractivity contribution is 0.101. The summed E-state index contributed by atoms with van der Waals surface area (Å²) in [6.45, 7) is 2.82. The zero-order chi connectivity index (χ0) is 14.4. The molecule has 1 atom stereocenters. The Kier molecular flexibility index (Phi) is 10.2. The van der Waals surface area contributed by atoms with Crippen LogP contribution in [0.15, 0.2) is 29.4 Å². The molecule has 0 radical (unpaired) electrons. The van der Waals surface area contributed by atoms with Crippen LogP contribution in [0.3, 0.4) is 0 Å². The van der Waals surface area contributed by atoms with Crippen LogP contribution < -0.4 is 5.73 Å². The van der Waals surface area contributed by atoms with Gasteiger partial charge >= 0.3 is 0 Å². The van der Waals surface area contributed by atoms with E-state index >= 15 is 0 Å². The number of oxime groups is 1. The van der Waals surface area contributed by atoms with Gasteiger partial charge < -0.3 is 20.9 Å². The number of hydrogen-bond donors (Lipinski definition) is 3. The van der Waals surface area contributed by atoms with Crippen molar-refractivity contribution in [2.45, 2.75) is 31.8 Å². The van der Waals surface area contributed by atoms with E-state index < -0.39 is 6.10 Å². The molecule has 5 nitrogen and oxygen atoms in total. The summed E-state index contributed by atoms with van der Waals surface area (Å²) >= 11 is 0. The Balaban J connectivity index is 0.00000220. The fraction of sp³-hybridized carbons (Fsp3) is 0.533. The van der Waals surface area contributed by atoms with Gasteiger partial charge in [0.25, 0.3) is 0 Å². The summed E-state index contributed by atoms with van der Waals surface area (Å²) in [5, 5.41) is 22.1. The molecule has 4 N–H and O–H groups in total. The van der Waals surface area contributed by atoms with Crippen LogP contribution in [0.25, 0.3) is 0 Å². The normalized spacial score (nSPS) is 17.2. The number of benzene rings is 1. The van der Waals surface area contributed by atoms with Crippen LogP contribution in [0.1, 0.15) is 30.4 Å². The lowest BCUT2D eigenvalue weighted by Crippen LogP contribution is -2.37. The SMILES string of the molecule is Cl.Cl.NC(=NO)c1ccccc1CC(O)CN1CCCCC1. The molecular formula is C15H25Cl2N3O2. The van der Waals surface area contributed by atoms with Crippen molar-refractivity contribution >= 4 is 30.6 Å². The van der Waals surface area contributed by atoms with Crippen LogP contribution in [-0.2, 0) is 6.42 Å². The molecule has 0 aliphatic carbocycles. The lowest BCUT2D eigenvalue weighted by atomic mass is 10.00. The molecule has 1 aromatic rings. The minimum absolute atomic E-state index is 0. The van der Waals surface area contributed by atoms with Gasteiger partial charge in [-0.15, -0.1) is 24.8 Å². The van der Waals surface area contributed by atoms with Gasteiger partial charge in [0, 0.05) is 18.5 Å². The van der Waals surface area contributed by atoms with Crippen molar-refractivity contribution in [1.29, 1.82) is 0 Å². The summed E-state index contributed by atoms with van der Waals surface area (Å²) in [4.78, 5) is 2.31. The summed E-state index contributed by atoms with van der Waals surface area (Å²) in [5.74, 6) is 0.0887. The Morgan fingerprint density at radius 2 is 1.82 bits per heavy atom. The van der Waals surface area contributed by atoms with Crippen LogP contribution in [-0.4, -0.2) is 46.8 Å². The predicted molar refractivity (Wildman–Crippen MR) is 93.5 cm³/mol. The third-order valence-electron chi connectivity index (χ3n) is 3.77. The van der Waals surface area contributed by atoms with Crippen LogP contribution in [0, 0.1) is 0 Å². The molecule has 1 aliphatic rings. The van der Waals surface area contributed by atoms with Crippen LogP contribution >= 0.6 is 24.8 Å². The zero-order valence-corrected chi connectivity index (χ0v) is 14.2. The van der Waals surface area contributed by atoms with Crippen molar-refractivity contribution in [2.24, 2.45) is 10.9 Å². The van der Waals surface area contributed by atoms with E-state index in [9.17, 15) is 5.11 Å². The standard InChI is InChI=1S/C15H23N3O2.2ClH/c16-15(17-20)14-7-3-2-6-12(14)10-13(19)11-18-8-4-1-5-9-18;;/h2-3,6-7,13,19-20H,1,4-5,8-11H2,(H2,16,17);2*1H. The Morgan fingerprint density at radius 3 is 2.45 bits per heavy atom. The number of hydrogen-bond acceptors (Lipinski definition) is 4. The van der Waals surface area contributed by atoms with E-state index in [-0.39, 0.29) is 30.6 Å². The summed E-state index contributed by atoms with van der Waals surface area (Å²) in [7, 11) is 0. The summed E-state index contributed by atoms with van der Waals surface area (Å²) in [5.41, 5.74) is 7.26. The predicted octanol–water partition coefficient (Wildman–Crippen LogP) is 2.01. The molecule has 1 unspecified atom stereocenters. The number of β-amino-alcohol motifs (C(OH)–C–C–N with tert-alkyl or cyclic N) is 1. The van der Waals surface area contributed by atoms with E-state index in [0.717, 1.165) is 18.7 Å². The number of amidine groups is 1. The average Bonchev–Trinajstić information content (AvgIpc) is 2.48. The van der Waals surface area contributed by atoms with E-state index in [1.54, 1.807) is 6.07 Å². The maximum absolute atomic E-state index is 10.2. The quantitative estimate of drug-likeness (QED) is 0.328. The Labute approximate surface area is 144 Å². The van der Waals surface area contributed by atoms with Crippen LogP contribution in [0.5, 0.6) is 0 Å². The largest absolute Gasteiger partial charge is 0.409 e. The first-order valence-electron chi connectivity index (χ1n) is 7.17. The molecule has 22 heavy (non-hydrogen) atoms. The molecular weight excluding hydrogens is 325 g/mol. The molecule has 0 bridgehead atoms. The highest BCUT2D eigenvalue weighted by atomic mass is 35.5. The molecule has 126 valence electrons. The van der Waals surface area contributed by atoms with Gasteiger partial charge in [-0.3, -0.25) is 0 Å². The van der Waals surface area contributed by atoms with Gasteiger partial charge in [0.05, 0.1) is 6.10 Å². The third-order valence-corrected chi connectivity index (χ3v) is 3.77. The first-order chi connectivity index (χ1) is 9.70. The minimum Gasteiger partial charge on any atom is -0.409 e. The Morgan fingerprint density at radius 1 is 1.18 bits per heavy atom. The number of rotatable bonds is 5. The second-order valence-corrected chi connectivity index (χ2v) is 5.36. The first-order valence-corrected chi connectivity index (χ1v) is 7.17. The van der Waals surface area contributed by atoms with Gasteiger partial charge in [0.2, 0.25) is 0 Å². The van der Waals surface area contributed by atoms with E-state index in [4.69, 9.17) is 10.9 Å². The number of nitrogens with two attached hydrogens (primary N) is 1. The van der Waals surface area contributed by atoms with E-state index in [2.05, 4.69) is 10.1 Å². The molecule has 0 saturated carbocycles. The molecule has 2 rings (SSSR count). The van der Waals surface area contributed by atoms with E-state index in [0.29, 0.717) is 18.5 Å². The number of nitrogens with zero attached hydrogens (tertiary/aromatic N) is 2. The fourth-order valence-electron chi connectivity index (χ4n) is 2.76. The summed E-state index contributed by atoms with van der Waals surface area (Å²) < 4.78 is 0. The molecule has 0 spiro atoms. The highest BCUT2D eigenvalue weighted by Gasteiger charge is 2.16. The monoisotopic (exact) mass is 349 g/mol. The molecule has 7 heteroatoms. The van der Waals surface area contributed by atoms with Crippen molar-refractivity contribution in [3.05, 3.63) is 35.4 Å². The third kappa shape index (κ3) is 6.01. The van der Waals surface area contributed by atoms with Gasteiger partial charge in [0.1, 0.15) is 0 Å². The topological polar surface area (TPSA) is 82.1 Å². The second-order valence-electron chi connectivity index (χ2n) is 5.36. The molecule has 1 heterocycles. The lowest BCUT2D eigenvalue weighted by Gasteiger charge is -2.28. The molecule has 0 amide bonds. The molecule has 0 aromatic heterocycles. The maximum Gasteiger partial charge on any atom is 0.170 e. The van der Waals surface area contributed by atoms with Gasteiger partial charge in [-0.2, -0.15) is 0 Å². The van der Waals surface area contributed by atoms with Crippen molar-refractivity contribution in [3.63, 3.8) is 0 Å². The van der Waals surface area contributed by atoms with Crippen molar-refractivity contribution in [2.75, 3.05) is 19.6 Å². The van der Waals surface area contributed by atoms with Gasteiger partial charge in [-0.25, -0.2) is 0 Å². The second kappa shape index (κ2) is 10.7. The average molecular weight is 350 g/mol. The van der Waals surface area contributed by atoms with Crippen LogP contribution in [0.2, 0.25) is 0 Å². The summed E-state index contributed by atoms with van der Waals surface area (Å²) in [6.07, 6.45) is 3.81. The fourth-order valence-corrected chi connectivity index (χ4v) is 2.76. The molecule has 1 fully saturated rings. The molecule has 1 aromatic carbocycles.